The minimum Gasteiger partial charge on any atom is -0.550 e. The third-order valence-corrected chi connectivity index (χ3v) is 4.37. The summed E-state index contributed by atoms with van der Waals surface area (Å²) >= 11 is 0. The molecule has 0 amide bonds. The highest BCUT2D eigenvalue weighted by molar-refractivity contribution is 6.23. The predicted octanol–water partition coefficient (Wildman–Crippen LogP) is 3.66. The molecule has 108 valence electrons. The van der Waals surface area contributed by atoms with Gasteiger partial charge >= 0.3 is 0 Å². The number of aryl methyl sites for hydroxylation is 1. The molecule has 0 aromatic heterocycles. The number of carbonyl (C=O) groups excluding carboxylic acids is 1. The van der Waals surface area contributed by atoms with Crippen LogP contribution >= 0.6 is 0 Å². The summed E-state index contributed by atoms with van der Waals surface area (Å²) in [5.41, 5.74) is 1.19. The van der Waals surface area contributed by atoms with Gasteiger partial charge in [-0.2, -0.15) is 0 Å². The van der Waals surface area contributed by atoms with E-state index in [0.717, 1.165) is 6.42 Å². The highest BCUT2D eigenvalue weighted by atomic mass is 16.4. The van der Waals surface area contributed by atoms with Crippen LogP contribution in [0.25, 0.3) is 32.3 Å². The van der Waals surface area contributed by atoms with Gasteiger partial charge in [0, 0.05) is 5.97 Å². The van der Waals surface area contributed by atoms with E-state index >= 15 is 0 Å². The zero-order valence-electron chi connectivity index (χ0n) is 12.1. The summed E-state index contributed by atoms with van der Waals surface area (Å²) in [7, 11) is 0. The second-order valence-electron chi connectivity index (χ2n) is 5.85. The Morgan fingerprint density at radius 2 is 1.36 bits per heavy atom. The molecule has 4 rings (SSSR count). The molecule has 2 heteroatoms. The molecular formula is C20H15O2-. The van der Waals surface area contributed by atoms with Crippen LogP contribution in [-0.2, 0) is 11.2 Å². The van der Waals surface area contributed by atoms with Crippen LogP contribution in [0.4, 0.5) is 0 Å². The number of hydrogen-bond acceptors (Lipinski definition) is 2. The highest BCUT2D eigenvalue weighted by Crippen LogP contribution is 2.35. The molecule has 0 spiro atoms. The zero-order valence-corrected chi connectivity index (χ0v) is 12.1. The maximum Gasteiger partial charge on any atom is 0.0414 e. The predicted molar refractivity (Wildman–Crippen MR) is 88.1 cm³/mol. The fourth-order valence-electron chi connectivity index (χ4n) is 3.40. The van der Waals surface area contributed by atoms with Gasteiger partial charge in [-0.05, 0) is 57.1 Å². The second kappa shape index (κ2) is 4.99. The van der Waals surface area contributed by atoms with Crippen LogP contribution in [0.15, 0.2) is 54.6 Å². The quantitative estimate of drug-likeness (QED) is 0.537. The van der Waals surface area contributed by atoms with Crippen molar-refractivity contribution in [1.82, 2.24) is 0 Å². The minimum atomic E-state index is -0.974. The van der Waals surface area contributed by atoms with Crippen LogP contribution in [0.5, 0.6) is 0 Å². The highest BCUT2D eigenvalue weighted by Gasteiger charge is 2.08. The summed E-state index contributed by atoms with van der Waals surface area (Å²) in [5, 5.41) is 18.2. The number of carboxylic acids is 1. The van der Waals surface area contributed by atoms with Crippen LogP contribution in [-0.4, -0.2) is 5.97 Å². The van der Waals surface area contributed by atoms with Gasteiger partial charge in [0.15, 0.2) is 0 Å². The van der Waals surface area contributed by atoms with Crippen molar-refractivity contribution in [3.8, 4) is 0 Å². The van der Waals surface area contributed by atoms with Gasteiger partial charge in [-0.1, -0.05) is 54.6 Å². The van der Waals surface area contributed by atoms with Gasteiger partial charge in [0.1, 0.15) is 0 Å². The standard InChI is InChI=1S/C20H16O2/c21-18(22)6-1-3-13-11-16-9-7-14-4-2-5-15-8-10-17(12-13)20(16)19(14)15/h2,4-5,7-12H,1,3,6H2,(H,21,22)/p-1. The van der Waals surface area contributed by atoms with E-state index in [-0.39, 0.29) is 6.42 Å². The lowest BCUT2D eigenvalue weighted by molar-refractivity contribution is -0.305. The fourth-order valence-corrected chi connectivity index (χ4v) is 3.40. The molecule has 0 bridgehead atoms. The van der Waals surface area contributed by atoms with E-state index in [9.17, 15) is 9.90 Å². The molecule has 0 fully saturated rings. The summed E-state index contributed by atoms with van der Waals surface area (Å²) in [6.45, 7) is 0. The van der Waals surface area contributed by atoms with E-state index < -0.39 is 5.97 Å². The van der Waals surface area contributed by atoms with Gasteiger partial charge < -0.3 is 9.90 Å². The van der Waals surface area contributed by atoms with Crippen molar-refractivity contribution in [3.63, 3.8) is 0 Å². The molecule has 0 heterocycles. The average Bonchev–Trinajstić information content (AvgIpc) is 2.52. The molecule has 2 nitrogen and oxygen atoms in total. The molecule has 4 aromatic carbocycles. The zero-order chi connectivity index (χ0) is 15.1. The Kier molecular flexibility index (Phi) is 2.97. The largest absolute Gasteiger partial charge is 0.550 e. The van der Waals surface area contributed by atoms with E-state index in [2.05, 4.69) is 54.6 Å². The fraction of sp³-hybridized carbons (Fsp3) is 0.150. The molecule has 0 aliphatic carbocycles. The monoisotopic (exact) mass is 287 g/mol. The molecule has 0 N–H and O–H groups in total. The first-order valence-corrected chi connectivity index (χ1v) is 7.59. The number of aliphatic carboxylic acids is 1. The molecule has 4 aromatic rings. The van der Waals surface area contributed by atoms with Gasteiger partial charge in [0.05, 0.1) is 0 Å². The van der Waals surface area contributed by atoms with Crippen molar-refractivity contribution < 1.29 is 9.90 Å². The molecule has 0 radical (unpaired) electrons. The van der Waals surface area contributed by atoms with Gasteiger partial charge in [-0.15, -0.1) is 0 Å². The molecule has 0 unspecified atom stereocenters. The first-order chi connectivity index (χ1) is 10.7. The van der Waals surface area contributed by atoms with Crippen molar-refractivity contribution in [3.05, 3.63) is 60.2 Å². The molecular weight excluding hydrogens is 272 g/mol. The van der Waals surface area contributed by atoms with Crippen molar-refractivity contribution in [2.45, 2.75) is 19.3 Å². The number of benzene rings is 4. The smallest absolute Gasteiger partial charge is 0.0414 e. The second-order valence-corrected chi connectivity index (χ2v) is 5.85. The van der Waals surface area contributed by atoms with Gasteiger partial charge in [-0.25, -0.2) is 0 Å². The van der Waals surface area contributed by atoms with E-state index in [1.165, 1.54) is 37.9 Å². The summed E-state index contributed by atoms with van der Waals surface area (Å²) in [4.78, 5) is 10.6. The Labute approximate surface area is 128 Å². The molecule has 0 aliphatic heterocycles. The molecule has 0 saturated heterocycles. The Morgan fingerprint density at radius 3 is 1.95 bits per heavy atom. The molecule has 0 saturated carbocycles. The summed E-state index contributed by atoms with van der Waals surface area (Å²) < 4.78 is 0. The average molecular weight is 287 g/mol. The first kappa shape index (κ1) is 13.1. The SMILES string of the molecule is O=C([O-])CCCc1cc2ccc3cccc4ccc(c1)c2c34. The third kappa shape index (κ3) is 2.08. The summed E-state index contributed by atoms with van der Waals surface area (Å²) in [6.07, 6.45) is 1.51. The maximum atomic E-state index is 10.6. The summed E-state index contributed by atoms with van der Waals surface area (Å²) in [6, 6.07) is 19.4. The normalized spacial score (nSPS) is 11.6. The van der Waals surface area contributed by atoms with Gasteiger partial charge in [-0.3, -0.25) is 0 Å². The van der Waals surface area contributed by atoms with Crippen LogP contribution in [0.1, 0.15) is 18.4 Å². The Bertz CT molecular complexity index is 921. The van der Waals surface area contributed by atoms with Crippen molar-refractivity contribution in [1.29, 1.82) is 0 Å². The molecule has 0 aliphatic rings. The number of carbonyl (C=O) groups is 1. The summed E-state index contributed by atoms with van der Waals surface area (Å²) in [5.74, 6) is -0.974. The van der Waals surface area contributed by atoms with Crippen LogP contribution in [0.2, 0.25) is 0 Å². The van der Waals surface area contributed by atoms with E-state index in [1.54, 1.807) is 0 Å². The number of hydrogen-bond donors (Lipinski definition) is 0. The lowest BCUT2D eigenvalue weighted by atomic mass is 9.92. The maximum absolute atomic E-state index is 10.6. The van der Waals surface area contributed by atoms with Crippen LogP contribution in [0, 0.1) is 0 Å². The van der Waals surface area contributed by atoms with Crippen molar-refractivity contribution in [2.75, 3.05) is 0 Å². The minimum absolute atomic E-state index is 0.116. The van der Waals surface area contributed by atoms with E-state index in [1.807, 2.05) is 0 Å². The Hall–Kier alpha value is -2.61. The van der Waals surface area contributed by atoms with E-state index in [4.69, 9.17) is 0 Å². The first-order valence-electron chi connectivity index (χ1n) is 7.59. The van der Waals surface area contributed by atoms with Crippen LogP contribution < -0.4 is 5.11 Å². The third-order valence-electron chi connectivity index (χ3n) is 4.37. The topological polar surface area (TPSA) is 40.1 Å². The van der Waals surface area contributed by atoms with Gasteiger partial charge in [0.2, 0.25) is 0 Å². The van der Waals surface area contributed by atoms with Gasteiger partial charge in [0.25, 0.3) is 0 Å². The van der Waals surface area contributed by atoms with Crippen molar-refractivity contribution >= 4 is 38.3 Å². The molecule has 0 atom stereocenters. The molecule has 22 heavy (non-hydrogen) atoms. The Morgan fingerprint density at radius 1 is 0.818 bits per heavy atom. The lowest BCUT2D eigenvalue weighted by Crippen LogP contribution is -2.21. The van der Waals surface area contributed by atoms with E-state index in [0.29, 0.717) is 6.42 Å². The van der Waals surface area contributed by atoms with Crippen LogP contribution in [0.3, 0.4) is 0 Å². The Balaban J connectivity index is 1.88. The van der Waals surface area contributed by atoms with Crippen molar-refractivity contribution in [2.24, 2.45) is 0 Å². The lowest BCUT2D eigenvalue weighted by Gasteiger charge is -2.12. The number of rotatable bonds is 4. The number of carboxylic acid groups (broad SMARTS) is 1.